The average molecular weight is 297 g/mol. The summed E-state index contributed by atoms with van der Waals surface area (Å²) in [6, 6.07) is 11.1. The van der Waals surface area contributed by atoms with Crippen molar-refractivity contribution in [2.24, 2.45) is 0 Å². The maximum absolute atomic E-state index is 4.88. The highest BCUT2D eigenvalue weighted by Crippen LogP contribution is 2.27. The van der Waals surface area contributed by atoms with E-state index < -0.39 is 0 Å². The number of hydrogen-bond donors (Lipinski definition) is 1. The van der Waals surface area contributed by atoms with Crippen molar-refractivity contribution in [3.8, 4) is 5.69 Å². The van der Waals surface area contributed by atoms with Crippen LogP contribution in [0.4, 0.5) is 0 Å². The van der Waals surface area contributed by atoms with Gasteiger partial charge < -0.3 is 5.32 Å². The third-order valence-corrected chi connectivity index (χ3v) is 4.64. The molecule has 118 valence electrons. The van der Waals surface area contributed by atoms with Gasteiger partial charge in [0.2, 0.25) is 0 Å². The molecule has 0 saturated carbocycles. The minimum absolute atomic E-state index is 0.192. The number of rotatable bonds is 2. The van der Waals surface area contributed by atoms with Crippen LogP contribution in [0.2, 0.25) is 0 Å². The molecule has 1 aromatic heterocycles. The van der Waals surface area contributed by atoms with Gasteiger partial charge in [0.25, 0.3) is 0 Å². The number of hydrogen-bond acceptors (Lipinski definition) is 2. The zero-order chi connectivity index (χ0) is 15.7. The van der Waals surface area contributed by atoms with E-state index in [-0.39, 0.29) is 5.41 Å². The van der Waals surface area contributed by atoms with E-state index in [1.165, 1.54) is 29.8 Å². The molecule has 1 N–H and O–H groups in total. The molecule has 3 nitrogen and oxygen atoms in total. The first kappa shape index (κ1) is 15.3. The van der Waals surface area contributed by atoms with E-state index in [2.05, 4.69) is 68.0 Å². The average Bonchev–Trinajstić information content (AvgIpc) is 2.89. The minimum Gasteiger partial charge on any atom is -0.317 e. The SMILES string of the molecule is Cc1cc(C2CCNCC2)nn1-c1ccc(C(C)(C)C)cc1. The molecule has 1 aromatic carbocycles. The van der Waals surface area contributed by atoms with Crippen LogP contribution >= 0.6 is 0 Å². The second kappa shape index (κ2) is 5.88. The fourth-order valence-electron chi connectivity index (χ4n) is 3.18. The Labute approximate surface area is 133 Å². The molecule has 0 amide bonds. The van der Waals surface area contributed by atoms with E-state index in [0.29, 0.717) is 5.92 Å². The maximum Gasteiger partial charge on any atom is 0.0663 e. The fourth-order valence-corrected chi connectivity index (χ4v) is 3.18. The molecule has 0 atom stereocenters. The first-order valence-corrected chi connectivity index (χ1v) is 8.33. The molecule has 1 aliphatic heterocycles. The summed E-state index contributed by atoms with van der Waals surface area (Å²) in [5.74, 6) is 0.607. The monoisotopic (exact) mass is 297 g/mol. The summed E-state index contributed by atoms with van der Waals surface area (Å²) in [6.45, 7) is 11.1. The molecule has 0 bridgehead atoms. The number of benzene rings is 1. The highest BCUT2D eigenvalue weighted by Gasteiger charge is 2.19. The van der Waals surface area contributed by atoms with E-state index in [9.17, 15) is 0 Å². The van der Waals surface area contributed by atoms with Gasteiger partial charge in [-0.25, -0.2) is 4.68 Å². The van der Waals surface area contributed by atoms with Crippen molar-refractivity contribution in [3.05, 3.63) is 47.3 Å². The van der Waals surface area contributed by atoms with Crippen LogP contribution in [0.3, 0.4) is 0 Å². The van der Waals surface area contributed by atoms with E-state index in [1.54, 1.807) is 0 Å². The summed E-state index contributed by atoms with van der Waals surface area (Å²) in [5, 5.41) is 8.31. The lowest BCUT2D eigenvalue weighted by Crippen LogP contribution is -2.26. The van der Waals surface area contributed by atoms with Crippen LogP contribution in [0, 0.1) is 6.92 Å². The molecule has 0 unspecified atom stereocenters. The van der Waals surface area contributed by atoms with Crippen LogP contribution in [0.1, 0.15) is 56.5 Å². The number of aryl methyl sites for hydroxylation is 1. The zero-order valence-electron chi connectivity index (χ0n) is 14.2. The number of nitrogens with zero attached hydrogens (tertiary/aromatic N) is 2. The van der Waals surface area contributed by atoms with Gasteiger partial charge in [0.05, 0.1) is 11.4 Å². The molecule has 2 aromatic rings. The Morgan fingerprint density at radius 2 is 1.73 bits per heavy atom. The molecule has 1 aliphatic rings. The van der Waals surface area contributed by atoms with Crippen molar-refractivity contribution in [1.29, 1.82) is 0 Å². The smallest absolute Gasteiger partial charge is 0.0663 e. The molecule has 3 heteroatoms. The Morgan fingerprint density at radius 3 is 2.32 bits per heavy atom. The standard InChI is InChI=1S/C19H27N3/c1-14-13-18(15-9-11-20-12-10-15)21-22(14)17-7-5-16(6-8-17)19(2,3)4/h5-8,13,15,20H,9-12H2,1-4H3. The molecule has 3 rings (SSSR count). The van der Waals surface area contributed by atoms with Crippen LogP contribution in [0.25, 0.3) is 5.69 Å². The second-order valence-corrected chi connectivity index (χ2v) is 7.44. The van der Waals surface area contributed by atoms with Crippen molar-refractivity contribution in [2.45, 2.75) is 51.9 Å². The Balaban J connectivity index is 1.87. The topological polar surface area (TPSA) is 29.9 Å². The van der Waals surface area contributed by atoms with Crippen molar-refractivity contribution < 1.29 is 0 Å². The third kappa shape index (κ3) is 3.09. The summed E-state index contributed by atoms with van der Waals surface area (Å²) < 4.78 is 2.09. The van der Waals surface area contributed by atoms with Crippen molar-refractivity contribution in [2.75, 3.05) is 13.1 Å². The van der Waals surface area contributed by atoms with Crippen LogP contribution < -0.4 is 5.32 Å². The molecule has 0 spiro atoms. The lowest BCUT2D eigenvalue weighted by Gasteiger charge is -2.20. The number of aromatic nitrogens is 2. The highest BCUT2D eigenvalue weighted by atomic mass is 15.3. The molecule has 0 radical (unpaired) electrons. The molecule has 1 saturated heterocycles. The summed E-state index contributed by atoms with van der Waals surface area (Å²) in [7, 11) is 0. The quantitative estimate of drug-likeness (QED) is 0.909. The van der Waals surface area contributed by atoms with Crippen LogP contribution in [0.15, 0.2) is 30.3 Å². The molecule has 22 heavy (non-hydrogen) atoms. The zero-order valence-corrected chi connectivity index (χ0v) is 14.2. The van der Waals surface area contributed by atoms with E-state index in [0.717, 1.165) is 18.8 Å². The van der Waals surface area contributed by atoms with E-state index in [1.807, 2.05) is 0 Å². The third-order valence-electron chi connectivity index (χ3n) is 4.64. The van der Waals surface area contributed by atoms with Crippen molar-refractivity contribution >= 4 is 0 Å². The van der Waals surface area contributed by atoms with Gasteiger partial charge in [-0.3, -0.25) is 0 Å². The van der Waals surface area contributed by atoms with Gasteiger partial charge in [0, 0.05) is 11.6 Å². The molecular weight excluding hydrogens is 270 g/mol. The first-order valence-electron chi connectivity index (χ1n) is 8.33. The lowest BCUT2D eigenvalue weighted by molar-refractivity contribution is 0.451. The van der Waals surface area contributed by atoms with Gasteiger partial charge in [-0.15, -0.1) is 0 Å². The van der Waals surface area contributed by atoms with Gasteiger partial charge in [-0.2, -0.15) is 5.10 Å². The summed E-state index contributed by atoms with van der Waals surface area (Å²) >= 11 is 0. The van der Waals surface area contributed by atoms with Gasteiger partial charge in [-0.05, 0) is 62.0 Å². The van der Waals surface area contributed by atoms with Crippen LogP contribution in [0.5, 0.6) is 0 Å². The molecule has 0 aliphatic carbocycles. The number of piperidine rings is 1. The predicted molar refractivity (Wildman–Crippen MR) is 91.8 cm³/mol. The van der Waals surface area contributed by atoms with Crippen LogP contribution in [-0.4, -0.2) is 22.9 Å². The second-order valence-electron chi connectivity index (χ2n) is 7.44. The summed E-state index contributed by atoms with van der Waals surface area (Å²) in [5.41, 5.74) is 5.18. The van der Waals surface area contributed by atoms with Gasteiger partial charge in [0.15, 0.2) is 0 Å². The molecule has 2 heterocycles. The lowest BCUT2D eigenvalue weighted by atomic mass is 9.87. The van der Waals surface area contributed by atoms with Gasteiger partial charge in [0.1, 0.15) is 0 Å². The first-order chi connectivity index (χ1) is 10.4. The summed E-state index contributed by atoms with van der Waals surface area (Å²) in [4.78, 5) is 0. The Bertz CT molecular complexity index is 626. The fraction of sp³-hybridized carbons (Fsp3) is 0.526. The Morgan fingerprint density at radius 1 is 1.09 bits per heavy atom. The summed E-state index contributed by atoms with van der Waals surface area (Å²) in [6.07, 6.45) is 2.39. The highest BCUT2D eigenvalue weighted by molar-refractivity contribution is 5.38. The van der Waals surface area contributed by atoms with Gasteiger partial charge >= 0.3 is 0 Å². The predicted octanol–water partition coefficient (Wildman–Crippen LogP) is 3.95. The number of nitrogens with one attached hydrogen (secondary N) is 1. The molecular formula is C19H27N3. The Hall–Kier alpha value is -1.61. The van der Waals surface area contributed by atoms with Crippen LogP contribution in [-0.2, 0) is 5.41 Å². The van der Waals surface area contributed by atoms with Gasteiger partial charge in [-0.1, -0.05) is 32.9 Å². The molecule has 1 fully saturated rings. The Kier molecular flexibility index (Phi) is 4.09. The van der Waals surface area contributed by atoms with E-state index >= 15 is 0 Å². The van der Waals surface area contributed by atoms with E-state index in [4.69, 9.17) is 5.10 Å². The largest absolute Gasteiger partial charge is 0.317 e. The van der Waals surface area contributed by atoms with Crippen molar-refractivity contribution in [3.63, 3.8) is 0 Å². The minimum atomic E-state index is 0.192. The normalized spacial score (nSPS) is 16.9. The van der Waals surface area contributed by atoms with Crippen molar-refractivity contribution in [1.82, 2.24) is 15.1 Å². The maximum atomic E-state index is 4.88.